The molecule has 20 heavy (non-hydrogen) atoms. The third-order valence-corrected chi connectivity index (χ3v) is 2.91. The molecule has 3 aromatic rings. The molecular formula is C14H9ClFN3O. The van der Waals surface area contributed by atoms with E-state index in [1.165, 1.54) is 6.07 Å². The molecule has 0 aliphatic heterocycles. The van der Waals surface area contributed by atoms with E-state index >= 15 is 0 Å². The number of nitrogens with zero attached hydrogens (tertiary/aromatic N) is 3. The Labute approximate surface area is 119 Å². The van der Waals surface area contributed by atoms with E-state index in [0.29, 0.717) is 28.9 Å². The molecule has 4 nitrogen and oxygen atoms in total. The molecule has 100 valence electrons. The lowest BCUT2D eigenvalue weighted by molar-refractivity contribution is 0.385. The van der Waals surface area contributed by atoms with E-state index in [1.54, 1.807) is 18.2 Å². The topological polar surface area (TPSA) is 51.8 Å². The molecule has 0 bridgehead atoms. The van der Waals surface area contributed by atoms with Crippen LogP contribution in [0.2, 0.25) is 5.02 Å². The Morgan fingerprint density at radius 3 is 2.85 bits per heavy atom. The molecule has 0 aliphatic rings. The van der Waals surface area contributed by atoms with Gasteiger partial charge < -0.3 is 4.52 Å². The minimum absolute atomic E-state index is 0.355. The summed E-state index contributed by atoms with van der Waals surface area (Å²) in [6.45, 7) is 0. The Hall–Kier alpha value is -2.27. The number of hydrogen-bond acceptors (Lipinski definition) is 4. The number of pyridine rings is 1. The van der Waals surface area contributed by atoms with Crippen molar-refractivity contribution in [2.75, 3.05) is 0 Å². The summed E-state index contributed by atoms with van der Waals surface area (Å²) in [5.41, 5.74) is 1.44. The highest BCUT2D eigenvalue weighted by atomic mass is 35.5. The van der Waals surface area contributed by atoms with Crippen molar-refractivity contribution >= 4 is 11.6 Å². The van der Waals surface area contributed by atoms with Crippen LogP contribution in [0.3, 0.4) is 0 Å². The lowest BCUT2D eigenvalue weighted by atomic mass is 10.2. The van der Waals surface area contributed by atoms with E-state index in [4.69, 9.17) is 16.1 Å². The zero-order valence-electron chi connectivity index (χ0n) is 10.3. The van der Waals surface area contributed by atoms with Crippen LogP contribution in [0.5, 0.6) is 0 Å². The van der Waals surface area contributed by atoms with Gasteiger partial charge in [0.15, 0.2) is 0 Å². The van der Waals surface area contributed by atoms with Crippen LogP contribution in [0.1, 0.15) is 11.6 Å². The molecule has 3 rings (SSSR count). The first-order chi connectivity index (χ1) is 9.70. The SMILES string of the molecule is Fc1ccc(Cc2nc(-c3cccc(Cl)c3)no2)nc1. The van der Waals surface area contributed by atoms with Gasteiger partial charge in [-0.05, 0) is 24.3 Å². The fourth-order valence-electron chi connectivity index (χ4n) is 1.74. The van der Waals surface area contributed by atoms with Gasteiger partial charge in [0.25, 0.3) is 0 Å². The van der Waals surface area contributed by atoms with Crippen LogP contribution in [-0.2, 0) is 6.42 Å². The van der Waals surface area contributed by atoms with Crippen molar-refractivity contribution in [1.29, 1.82) is 0 Å². The molecule has 2 aromatic heterocycles. The van der Waals surface area contributed by atoms with Crippen molar-refractivity contribution in [3.8, 4) is 11.4 Å². The van der Waals surface area contributed by atoms with Gasteiger partial charge >= 0.3 is 0 Å². The van der Waals surface area contributed by atoms with Crippen LogP contribution in [0.4, 0.5) is 4.39 Å². The van der Waals surface area contributed by atoms with Gasteiger partial charge in [-0.3, -0.25) is 4.98 Å². The maximum Gasteiger partial charge on any atom is 0.232 e. The van der Waals surface area contributed by atoms with Gasteiger partial charge in [-0.2, -0.15) is 4.98 Å². The van der Waals surface area contributed by atoms with E-state index in [2.05, 4.69) is 15.1 Å². The number of halogens is 2. The average Bonchev–Trinajstić information content (AvgIpc) is 2.90. The first-order valence-electron chi connectivity index (χ1n) is 5.90. The minimum atomic E-state index is -0.376. The molecular weight excluding hydrogens is 281 g/mol. The van der Waals surface area contributed by atoms with Gasteiger partial charge in [-0.15, -0.1) is 0 Å². The van der Waals surface area contributed by atoms with Crippen LogP contribution >= 0.6 is 11.6 Å². The molecule has 0 spiro atoms. The maximum absolute atomic E-state index is 12.8. The monoisotopic (exact) mass is 289 g/mol. The number of aromatic nitrogens is 3. The molecule has 2 heterocycles. The van der Waals surface area contributed by atoms with Crippen molar-refractivity contribution in [2.45, 2.75) is 6.42 Å². The summed E-state index contributed by atoms with van der Waals surface area (Å²) in [5, 5.41) is 4.50. The minimum Gasteiger partial charge on any atom is -0.339 e. The maximum atomic E-state index is 12.8. The Balaban J connectivity index is 1.82. The first-order valence-corrected chi connectivity index (χ1v) is 6.27. The summed E-state index contributed by atoms with van der Waals surface area (Å²) in [5.74, 6) is 0.502. The second kappa shape index (κ2) is 5.38. The smallest absolute Gasteiger partial charge is 0.232 e. The number of hydrogen-bond donors (Lipinski definition) is 0. The first kappa shape index (κ1) is 12.7. The molecule has 0 unspecified atom stereocenters. The molecule has 0 saturated heterocycles. The Morgan fingerprint density at radius 2 is 2.10 bits per heavy atom. The molecule has 0 radical (unpaired) electrons. The lowest BCUT2D eigenvalue weighted by Crippen LogP contribution is -1.92. The molecule has 6 heteroatoms. The standard InChI is InChI=1S/C14H9ClFN3O/c15-10-3-1-2-9(6-10)14-18-13(20-19-14)7-12-5-4-11(16)8-17-12/h1-6,8H,7H2. The fourth-order valence-corrected chi connectivity index (χ4v) is 1.93. The summed E-state index contributed by atoms with van der Waals surface area (Å²) >= 11 is 5.91. The zero-order valence-corrected chi connectivity index (χ0v) is 11.0. The predicted octanol–water partition coefficient (Wildman–Crippen LogP) is 3.51. The molecule has 0 amide bonds. The zero-order chi connectivity index (χ0) is 13.9. The Kier molecular flexibility index (Phi) is 3.43. The van der Waals surface area contributed by atoms with Crippen LogP contribution in [-0.4, -0.2) is 15.1 Å². The fraction of sp³-hybridized carbons (Fsp3) is 0.0714. The van der Waals surface area contributed by atoms with E-state index in [0.717, 1.165) is 11.8 Å². The Bertz CT molecular complexity index is 727. The molecule has 0 fully saturated rings. The quantitative estimate of drug-likeness (QED) is 0.740. The van der Waals surface area contributed by atoms with Crippen LogP contribution in [0, 0.1) is 5.82 Å². The number of rotatable bonds is 3. The third-order valence-electron chi connectivity index (χ3n) is 2.67. The van der Waals surface area contributed by atoms with Gasteiger partial charge in [0.2, 0.25) is 11.7 Å². The van der Waals surface area contributed by atoms with Crippen molar-refractivity contribution in [2.24, 2.45) is 0 Å². The van der Waals surface area contributed by atoms with Crippen molar-refractivity contribution in [3.05, 3.63) is 65.0 Å². The van der Waals surface area contributed by atoms with Crippen molar-refractivity contribution in [3.63, 3.8) is 0 Å². The van der Waals surface area contributed by atoms with Gasteiger partial charge in [0.1, 0.15) is 5.82 Å². The summed E-state index contributed by atoms with van der Waals surface area (Å²) in [4.78, 5) is 8.21. The highest BCUT2D eigenvalue weighted by Crippen LogP contribution is 2.20. The lowest BCUT2D eigenvalue weighted by Gasteiger charge is -1.95. The molecule has 1 aromatic carbocycles. The highest BCUT2D eigenvalue weighted by molar-refractivity contribution is 6.30. The molecule has 0 aliphatic carbocycles. The number of benzene rings is 1. The summed E-state index contributed by atoms with van der Waals surface area (Å²) < 4.78 is 17.9. The van der Waals surface area contributed by atoms with E-state index in [1.807, 2.05) is 12.1 Å². The van der Waals surface area contributed by atoms with E-state index in [-0.39, 0.29) is 5.82 Å². The molecule has 0 N–H and O–H groups in total. The average molecular weight is 290 g/mol. The molecule has 0 saturated carbocycles. The largest absolute Gasteiger partial charge is 0.339 e. The summed E-state index contributed by atoms with van der Waals surface area (Å²) in [6, 6.07) is 10.1. The molecule has 0 atom stereocenters. The second-order valence-corrected chi connectivity index (χ2v) is 4.60. The predicted molar refractivity (Wildman–Crippen MR) is 71.7 cm³/mol. The van der Waals surface area contributed by atoms with Gasteiger partial charge in [0.05, 0.1) is 12.6 Å². The van der Waals surface area contributed by atoms with Crippen LogP contribution in [0.15, 0.2) is 47.1 Å². The van der Waals surface area contributed by atoms with Gasteiger partial charge in [0, 0.05) is 16.3 Å². The highest BCUT2D eigenvalue weighted by Gasteiger charge is 2.10. The third kappa shape index (κ3) is 2.83. The normalized spacial score (nSPS) is 10.7. The van der Waals surface area contributed by atoms with Crippen LogP contribution in [0.25, 0.3) is 11.4 Å². The van der Waals surface area contributed by atoms with Crippen molar-refractivity contribution in [1.82, 2.24) is 15.1 Å². The van der Waals surface area contributed by atoms with Gasteiger partial charge in [-0.1, -0.05) is 28.9 Å². The van der Waals surface area contributed by atoms with Crippen molar-refractivity contribution < 1.29 is 8.91 Å². The summed E-state index contributed by atoms with van der Waals surface area (Å²) in [7, 11) is 0. The van der Waals surface area contributed by atoms with Gasteiger partial charge in [-0.25, -0.2) is 4.39 Å². The van der Waals surface area contributed by atoms with E-state index in [9.17, 15) is 4.39 Å². The second-order valence-electron chi connectivity index (χ2n) is 4.17. The van der Waals surface area contributed by atoms with E-state index < -0.39 is 0 Å². The summed E-state index contributed by atoms with van der Waals surface area (Å²) in [6.07, 6.45) is 1.51. The van der Waals surface area contributed by atoms with Crippen LogP contribution < -0.4 is 0 Å². The Morgan fingerprint density at radius 1 is 1.20 bits per heavy atom.